The number of hydrogen-bond acceptors (Lipinski definition) is 4. The van der Waals surface area contributed by atoms with E-state index in [0.717, 1.165) is 43.0 Å². The van der Waals surface area contributed by atoms with E-state index in [9.17, 15) is 0 Å². The van der Waals surface area contributed by atoms with Gasteiger partial charge in [-0.15, -0.1) is 0 Å². The number of piperidine rings is 1. The number of aryl methyl sites for hydroxylation is 1. The molecule has 1 aliphatic heterocycles. The van der Waals surface area contributed by atoms with Gasteiger partial charge in [-0.25, -0.2) is 4.98 Å². The highest BCUT2D eigenvalue weighted by molar-refractivity contribution is 7.80. The quantitative estimate of drug-likeness (QED) is 0.850. The average Bonchev–Trinajstić information content (AvgIpc) is 2.38. The van der Waals surface area contributed by atoms with Crippen LogP contribution < -0.4 is 10.6 Å². The summed E-state index contributed by atoms with van der Waals surface area (Å²) < 4.78 is 0. The first kappa shape index (κ1) is 14.2. The summed E-state index contributed by atoms with van der Waals surface area (Å²) in [4.78, 5) is 9.67. The van der Waals surface area contributed by atoms with Crippen molar-refractivity contribution in [2.75, 3.05) is 32.1 Å². The Balaban J connectivity index is 2.19. The first-order valence-electron chi connectivity index (χ1n) is 6.68. The Kier molecular flexibility index (Phi) is 4.37. The van der Waals surface area contributed by atoms with Gasteiger partial charge in [0.1, 0.15) is 10.8 Å². The Morgan fingerprint density at radius 3 is 2.53 bits per heavy atom. The standard InChI is InChI=1S/C14H22N4S/c1-10-4-5-12(13(15)19)14(16-10)18-8-6-11(7-9-18)17(2)3/h4-5,11H,6-9H2,1-3H3,(H2,15,19). The molecule has 0 radical (unpaired) electrons. The van der Waals surface area contributed by atoms with E-state index in [4.69, 9.17) is 18.0 Å². The Morgan fingerprint density at radius 1 is 1.37 bits per heavy atom. The smallest absolute Gasteiger partial charge is 0.139 e. The van der Waals surface area contributed by atoms with Gasteiger partial charge in [0.15, 0.2) is 0 Å². The van der Waals surface area contributed by atoms with Gasteiger partial charge in [0, 0.05) is 24.8 Å². The summed E-state index contributed by atoms with van der Waals surface area (Å²) in [5.74, 6) is 0.949. The lowest BCUT2D eigenvalue weighted by atomic mass is 10.0. The topological polar surface area (TPSA) is 45.4 Å². The molecule has 19 heavy (non-hydrogen) atoms. The van der Waals surface area contributed by atoms with E-state index in [2.05, 4.69) is 28.9 Å². The SMILES string of the molecule is Cc1ccc(C(N)=S)c(N2CCC(N(C)C)CC2)n1. The zero-order chi connectivity index (χ0) is 14.0. The molecule has 0 saturated carbocycles. The van der Waals surface area contributed by atoms with Crippen LogP contribution in [0.5, 0.6) is 0 Å². The van der Waals surface area contributed by atoms with Crippen LogP contribution in [0.1, 0.15) is 24.1 Å². The molecule has 1 aromatic rings. The van der Waals surface area contributed by atoms with Crippen LogP contribution in [0.25, 0.3) is 0 Å². The fourth-order valence-electron chi connectivity index (χ4n) is 2.57. The molecule has 2 heterocycles. The third-order valence-electron chi connectivity index (χ3n) is 3.77. The molecule has 1 fully saturated rings. The van der Waals surface area contributed by atoms with Crippen LogP contribution >= 0.6 is 12.2 Å². The molecule has 2 rings (SSSR count). The van der Waals surface area contributed by atoms with E-state index in [1.54, 1.807) is 0 Å². The summed E-state index contributed by atoms with van der Waals surface area (Å²) in [7, 11) is 4.29. The van der Waals surface area contributed by atoms with Gasteiger partial charge in [-0.1, -0.05) is 12.2 Å². The van der Waals surface area contributed by atoms with Gasteiger partial charge >= 0.3 is 0 Å². The number of anilines is 1. The second kappa shape index (κ2) is 5.84. The number of pyridine rings is 1. The molecule has 104 valence electrons. The van der Waals surface area contributed by atoms with E-state index in [1.807, 2.05) is 19.1 Å². The molecule has 0 aliphatic carbocycles. The van der Waals surface area contributed by atoms with E-state index in [1.165, 1.54) is 0 Å². The fourth-order valence-corrected chi connectivity index (χ4v) is 2.73. The van der Waals surface area contributed by atoms with Gasteiger partial charge < -0.3 is 15.5 Å². The van der Waals surface area contributed by atoms with Gasteiger partial charge in [-0.2, -0.15) is 0 Å². The maximum atomic E-state index is 5.80. The molecular formula is C14H22N4S. The van der Waals surface area contributed by atoms with E-state index in [0.29, 0.717) is 11.0 Å². The van der Waals surface area contributed by atoms with E-state index >= 15 is 0 Å². The van der Waals surface area contributed by atoms with Gasteiger partial charge in [0.05, 0.1) is 5.56 Å². The van der Waals surface area contributed by atoms with Gasteiger partial charge in [-0.05, 0) is 46.0 Å². The molecular weight excluding hydrogens is 256 g/mol. The highest BCUT2D eigenvalue weighted by Crippen LogP contribution is 2.24. The number of aromatic nitrogens is 1. The van der Waals surface area contributed by atoms with Gasteiger partial charge in [-0.3, -0.25) is 0 Å². The van der Waals surface area contributed by atoms with Crippen molar-refractivity contribution in [2.45, 2.75) is 25.8 Å². The lowest BCUT2D eigenvalue weighted by molar-refractivity contribution is 0.249. The summed E-state index contributed by atoms with van der Waals surface area (Å²) in [5.41, 5.74) is 7.70. The first-order chi connectivity index (χ1) is 8.99. The van der Waals surface area contributed by atoms with Crippen molar-refractivity contribution in [3.63, 3.8) is 0 Å². The van der Waals surface area contributed by atoms with Crippen molar-refractivity contribution in [3.8, 4) is 0 Å². The van der Waals surface area contributed by atoms with Crippen LogP contribution in [0.4, 0.5) is 5.82 Å². The molecule has 0 aromatic carbocycles. The number of thiocarbonyl (C=S) groups is 1. The summed E-state index contributed by atoms with van der Waals surface area (Å²) in [6, 6.07) is 4.61. The van der Waals surface area contributed by atoms with Crippen molar-refractivity contribution in [3.05, 3.63) is 23.4 Å². The molecule has 0 spiro atoms. The third kappa shape index (κ3) is 3.22. The third-order valence-corrected chi connectivity index (χ3v) is 3.99. The van der Waals surface area contributed by atoms with Crippen molar-refractivity contribution in [1.82, 2.24) is 9.88 Å². The molecule has 1 aromatic heterocycles. The zero-order valence-corrected chi connectivity index (χ0v) is 12.7. The summed E-state index contributed by atoms with van der Waals surface area (Å²) in [5, 5.41) is 0. The first-order valence-corrected chi connectivity index (χ1v) is 7.08. The normalized spacial score (nSPS) is 16.9. The minimum Gasteiger partial charge on any atom is -0.389 e. The maximum Gasteiger partial charge on any atom is 0.139 e. The molecule has 4 nitrogen and oxygen atoms in total. The van der Waals surface area contributed by atoms with Crippen LogP contribution in [0.2, 0.25) is 0 Å². The molecule has 0 amide bonds. The maximum absolute atomic E-state index is 5.80. The number of nitrogens with zero attached hydrogens (tertiary/aromatic N) is 3. The predicted octanol–water partition coefficient (Wildman–Crippen LogP) is 1.55. The minimum atomic E-state index is 0.428. The Hall–Kier alpha value is -1.20. The Morgan fingerprint density at radius 2 is 2.00 bits per heavy atom. The van der Waals surface area contributed by atoms with Crippen LogP contribution in [0.15, 0.2) is 12.1 Å². The van der Waals surface area contributed by atoms with Crippen LogP contribution in [0, 0.1) is 6.92 Å². The van der Waals surface area contributed by atoms with Crippen LogP contribution in [-0.4, -0.2) is 48.1 Å². The van der Waals surface area contributed by atoms with Gasteiger partial charge in [0.25, 0.3) is 0 Å². The van der Waals surface area contributed by atoms with Gasteiger partial charge in [0.2, 0.25) is 0 Å². The second-order valence-electron chi connectivity index (χ2n) is 5.37. The lowest BCUT2D eigenvalue weighted by Gasteiger charge is -2.36. The molecule has 0 unspecified atom stereocenters. The average molecular weight is 278 g/mol. The lowest BCUT2D eigenvalue weighted by Crippen LogP contribution is -2.43. The highest BCUT2D eigenvalue weighted by Gasteiger charge is 2.23. The van der Waals surface area contributed by atoms with Crippen molar-refractivity contribution in [2.24, 2.45) is 5.73 Å². The zero-order valence-electron chi connectivity index (χ0n) is 11.9. The molecule has 0 atom stereocenters. The monoisotopic (exact) mass is 278 g/mol. The summed E-state index contributed by atoms with van der Waals surface area (Å²) in [6.07, 6.45) is 2.30. The fraction of sp³-hybridized carbons (Fsp3) is 0.571. The largest absolute Gasteiger partial charge is 0.389 e. The predicted molar refractivity (Wildman–Crippen MR) is 83.8 cm³/mol. The number of hydrogen-bond donors (Lipinski definition) is 1. The molecule has 0 bridgehead atoms. The van der Waals surface area contributed by atoms with Crippen LogP contribution in [-0.2, 0) is 0 Å². The summed E-state index contributed by atoms with van der Waals surface area (Å²) >= 11 is 5.13. The number of nitrogens with two attached hydrogens (primary N) is 1. The molecule has 1 saturated heterocycles. The second-order valence-corrected chi connectivity index (χ2v) is 5.81. The number of rotatable bonds is 3. The van der Waals surface area contributed by atoms with Crippen LogP contribution in [0.3, 0.4) is 0 Å². The van der Waals surface area contributed by atoms with E-state index in [-0.39, 0.29) is 0 Å². The van der Waals surface area contributed by atoms with E-state index < -0.39 is 0 Å². The summed E-state index contributed by atoms with van der Waals surface area (Å²) in [6.45, 7) is 4.02. The van der Waals surface area contributed by atoms with Crippen molar-refractivity contribution in [1.29, 1.82) is 0 Å². The molecule has 5 heteroatoms. The Bertz CT molecular complexity index is 465. The minimum absolute atomic E-state index is 0.428. The molecule has 2 N–H and O–H groups in total. The van der Waals surface area contributed by atoms with Crippen molar-refractivity contribution < 1.29 is 0 Å². The highest BCUT2D eigenvalue weighted by atomic mass is 32.1. The Labute approximate surface area is 120 Å². The van der Waals surface area contributed by atoms with Crippen molar-refractivity contribution >= 4 is 23.0 Å². The molecule has 1 aliphatic rings.